The van der Waals surface area contributed by atoms with Crippen molar-refractivity contribution in [3.05, 3.63) is 11.1 Å². The van der Waals surface area contributed by atoms with E-state index in [4.69, 9.17) is 5.73 Å². The molecule has 0 spiro atoms. The standard InChI is InChI=1S/C11H20N4OS/c1-4-15(9(2)16)11-13-10(8-17-11)7-14(3)6-5-12/h8H,4-7,12H2,1-3H3. The molecule has 2 N–H and O–H groups in total. The lowest BCUT2D eigenvalue weighted by Crippen LogP contribution is -2.28. The van der Waals surface area contributed by atoms with Crippen LogP contribution in [0.3, 0.4) is 0 Å². The van der Waals surface area contributed by atoms with Crippen molar-refractivity contribution in [2.24, 2.45) is 5.73 Å². The molecule has 0 bridgehead atoms. The number of carbonyl (C=O) groups excluding carboxylic acids is 1. The Balaban J connectivity index is 2.67. The van der Waals surface area contributed by atoms with Crippen molar-refractivity contribution in [3.8, 4) is 0 Å². The average molecular weight is 256 g/mol. The van der Waals surface area contributed by atoms with Crippen molar-refractivity contribution in [1.82, 2.24) is 9.88 Å². The highest BCUT2D eigenvalue weighted by Gasteiger charge is 2.13. The molecule has 0 aliphatic rings. The summed E-state index contributed by atoms with van der Waals surface area (Å²) < 4.78 is 0. The molecule has 0 saturated carbocycles. The predicted molar refractivity (Wildman–Crippen MR) is 71.2 cm³/mol. The van der Waals surface area contributed by atoms with Crippen molar-refractivity contribution < 1.29 is 4.79 Å². The van der Waals surface area contributed by atoms with Crippen LogP contribution >= 0.6 is 11.3 Å². The highest BCUT2D eigenvalue weighted by molar-refractivity contribution is 7.14. The molecule has 0 aromatic carbocycles. The van der Waals surface area contributed by atoms with Gasteiger partial charge in [-0.3, -0.25) is 14.6 Å². The Morgan fingerprint density at radius 1 is 1.59 bits per heavy atom. The van der Waals surface area contributed by atoms with Crippen LogP contribution in [0.15, 0.2) is 5.38 Å². The van der Waals surface area contributed by atoms with Crippen molar-refractivity contribution in [2.45, 2.75) is 20.4 Å². The van der Waals surface area contributed by atoms with Crippen LogP contribution < -0.4 is 10.6 Å². The summed E-state index contributed by atoms with van der Waals surface area (Å²) in [6.45, 7) is 6.41. The largest absolute Gasteiger partial charge is 0.329 e. The number of nitrogens with two attached hydrogens (primary N) is 1. The first-order valence-corrected chi connectivity index (χ1v) is 6.57. The first-order chi connectivity index (χ1) is 8.08. The van der Waals surface area contributed by atoms with E-state index < -0.39 is 0 Å². The van der Waals surface area contributed by atoms with Crippen LogP contribution in [0.25, 0.3) is 0 Å². The summed E-state index contributed by atoms with van der Waals surface area (Å²) in [7, 11) is 2.01. The number of thiazole rings is 1. The molecule has 96 valence electrons. The summed E-state index contributed by atoms with van der Waals surface area (Å²) in [6.07, 6.45) is 0. The topological polar surface area (TPSA) is 62.5 Å². The minimum Gasteiger partial charge on any atom is -0.329 e. The zero-order valence-corrected chi connectivity index (χ0v) is 11.5. The van der Waals surface area contributed by atoms with Gasteiger partial charge in [-0.25, -0.2) is 4.98 Å². The summed E-state index contributed by atoms with van der Waals surface area (Å²) >= 11 is 1.51. The van der Waals surface area contributed by atoms with Crippen LogP contribution in [0, 0.1) is 0 Å². The lowest BCUT2D eigenvalue weighted by molar-refractivity contribution is -0.116. The number of nitrogens with zero attached hydrogens (tertiary/aromatic N) is 3. The second-order valence-electron chi connectivity index (χ2n) is 3.91. The van der Waals surface area contributed by atoms with E-state index in [0.717, 1.165) is 23.9 Å². The van der Waals surface area contributed by atoms with Gasteiger partial charge < -0.3 is 5.73 Å². The SMILES string of the molecule is CCN(C(C)=O)c1nc(CN(C)CCN)cs1. The maximum Gasteiger partial charge on any atom is 0.225 e. The molecule has 6 heteroatoms. The third-order valence-electron chi connectivity index (χ3n) is 2.41. The fourth-order valence-corrected chi connectivity index (χ4v) is 2.49. The molecule has 0 saturated heterocycles. The third-order valence-corrected chi connectivity index (χ3v) is 3.32. The van der Waals surface area contributed by atoms with Gasteiger partial charge in [-0.05, 0) is 14.0 Å². The molecule has 0 atom stereocenters. The Morgan fingerprint density at radius 2 is 2.29 bits per heavy atom. The zero-order valence-electron chi connectivity index (χ0n) is 10.6. The van der Waals surface area contributed by atoms with Crippen molar-refractivity contribution in [2.75, 3.05) is 31.6 Å². The van der Waals surface area contributed by atoms with Crippen molar-refractivity contribution in [1.29, 1.82) is 0 Å². The van der Waals surface area contributed by atoms with Gasteiger partial charge in [-0.15, -0.1) is 11.3 Å². The Morgan fingerprint density at radius 3 is 2.82 bits per heavy atom. The summed E-state index contributed by atoms with van der Waals surface area (Å²) in [5.41, 5.74) is 6.47. The minimum atomic E-state index is 0.0312. The van der Waals surface area contributed by atoms with Crippen LogP contribution in [0.2, 0.25) is 0 Å². The Kier molecular flexibility index (Phi) is 5.54. The van der Waals surface area contributed by atoms with E-state index in [-0.39, 0.29) is 5.91 Å². The molecule has 1 rings (SSSR count). The number of amides is 1. The highest BCUT2D eigenvalue weighted by atomic mass is 32.1. The molecule has 0 fully saturated rings. The van der Waals surface area contributed by atoms with E-state index in [2.05, 4.69) is 9.88 Å². The van der Waals surface area contributed by atoms with Gasteiger partial charge in [-0.2, -0.15) is 0 Å². The summed E-state index contributed by atoms with van der Waals surface area (Å²) in [6, 6.07) is 0. The fraction of sp³-hybridized carbons (Fsp3) is 0.636. The molecule has 17 heavy (non-hydrogen) atoms. The number of anilines is 1. The number of aromatic nitrogens is 1. The average Bonchev–Trinajstić information content (AvgIpc) is 2.67. The number of rotatable bonds is 6. The van der Waals surface area contributed by atoms with E-state index in [1.165, 1.54) is 11.3 Å². The van der Waals surface area contributed by atoms with Gasteiger partial charge in [0.25, 0.3) is 0 Å². The predicted octanol–water partition coefficient (Wildman–Crippen LogP) is 0.906. The molecule has 5 nitrogen and oxygen atoms in total. The third kappa shape index (κ3) is 4.07. The van der Waals surface area contributed by atoms with Gasteiger partial charge in [0.05, 0.1) is 5.69 Å². The van der Waals surface area contributed by atoms with E-state index in [1.807, 2.05) is 19.4 Å². The van der Waals surface area contributed by atoms with E-state index in [0.29, 0.717) is 13.1 Å². The first kappa shape index (κ1) is 14.1. The van der Waals surface area contributed by atoms with Gasteiger partial charge >= 0.3 is 0 Å². The number of hydrogen-bond donors (Lipinski definition) is 1. The molecule has 0 radical (unpaired) electrons. The van der Waals surface area contributed by atoms with Gasteiger partial charge in [0, 0.05) is 38.5 Å². The van der Waals surface area contributed by atoms with Crippen LogP contribution in [0.5, 0.6) is 0 Å². The summed E-state index contributed by atoms with van der Waals surface area (Å²) in [5.74, 6) is 0.0312. The second-order valence-corrected chi connectivity index (χ2v) is 4.75. The molecule has 0 unspecified atom stereocenters. The number of hydrogen-bond acceptors (Lipinski definition) is 5. The summed E-state index contributed by atoms with van der Waals surface area (Å²) in [5, 5.41) is 2.77. The molecule has 1 aromatic rings. The maximum atomic E-state index is 11.4. The number of likely N-dealkylation sites (N-methyl/N-ethyl adjacent to an activating group) is 1. The molecule has 1 amide bonds. The maximum absolute atomic E-state index is 11.4. The molecular formula is C11H20N4OS. The Hall–Kier alpha value is -0.980. The molecular weight excluding hydrogens is 236 g/mol. The fourth-order valence-electron chi connectivity index (χ4n) is 1.56. The lowest BCUT2D eigenvalue weighted by Gasteiger charge is -2.15. The second kappa shape index (κ2) is 6.68. The van der Waals surface area contributed by atoms with Crippen LogP contribution in [-0.2, 0) is 11.3 Å². The van der Waals surface area contributed by atoms with Crippen LogP contribution in [-0.4, -0.2) is 42.5 Å². The zero-order chi connectivity index (χ0) is 12.8. The highest BCUT2D eigenvalue weighted by Crippen LogP contribution is 2.21. The van der Waals surface area contributed by atoms with E-state index in [9.17, 15) is 4.79 Å². The minimum absolute atomic E-state index is 0.0312. The van der Waals surface area contributed by atoms with Crippen molar-refractivity contribution >= 4 is 22.4 Å². The molecule has 1 heterocycles. The van der Waals surface area contributed by atoms with E-state index >= 15 is 0 Å². The molecule has 0 aliphatic heterocycles. The summed E-state index contributed by atoms with van der Waals surface area (Å²) in [4.78, 5) is 19.6. The van der Waals surface area contributed by atoms with Crippen LogP contribution in [0.1, 0.15) is 19.5 Å². The monoisotopic (exact) mass is 256 g/mol. The smallest absolute Gasteiger partial charge is 0.225 e. The number of carbonyl (C=O) groups is 1. The van der Waals surface area contributed by atoms with Gasteiger partial charge in [0.15, 0.2) is 5.13 Å². The van der Waals surface area contributed by atoms with Crippen LogP contribution in [0.4, 0.5) is 5.13 Å². The quantitative estimate of drug-likeness (QED) is 0.821. The van der Waals surface area contributed by atoms with Gasteiger partial charge in [-0.1, -0.05) is 0 Å². The van der Waals surface area contributed by atoms with Gasteiger partial charge in [0.1, 0.15) is 0 Å². The molecule has 0 aliphatic carbocycles. The Bertz CT molecular complexity index is 366. The molecule has 1 aromatic heterocycles. The van der Waals surface area contributed by atoms with Crippen molar-refractivity contribution in [3.63, 3.8) is 0 Å². The van der Waals surface area contributed by atoms with Gasteiger partial charge in [0.2, 0.25) is 5.91 Å². The first-order valence-electron chi connectivity index (χ1n) is 5.69. The normalized spacial score (nSPS) is 10.9. The van der Waals surface area contributed by atoms with E-state index in [1.54, 1.807) is 11.8 Å². The Labute approximate surface area is 106 Å². The lowest BCUT2D eigenvalue weighted by atomic mass is 10.4.